The average Bonchev–Trinajstić information content (AvgIpc) is 2.29. The molecule has 0 aliphatic rings. The molecule has 0 aromatic heterocycles. The molecule has 3 heteroatoms. The summed E-state index contributed by atoms with van der Waals surface area (Å²) in [6.45, 7) is 6.70. The predicted octanol–water partition coefficient (Wildman–Crippen LogP) is 2.73. The Balaban J connectivity index is 2.61. The third-order valence-corrected chi connectivity index (χ3v) is 2.19. The minimum Gasteiger partial charge on any atom is -0.478 e. The van der Waals surface area contributed by atoms with E-state index >= 15 is 0 Å². The highest BCUT2D eigenvalue weighted by molar-refractivity contribution is 5.29. The first-order chi connectivity index (χ1) is 8.13. The van der Waals surface area contributed by atoms with E-state index in [2.05, 4.69) is 31.0 Å². The largest absolute Gasteiger partial charge is 0.478 e. The van der Waals surface area contributed by atoms with Gasteiger partial charge in [0.05, 0.1) is 0 Å². The van der Waals surface area contributed by atoms with Crippen LogP contribution in [0.25, 0.3) is 0 Å². The molecule has 0 heterocycles. The summed E-state index contributed by atoms with van der Waals surface area (Å²) in [6.07, 6.45) is 0. The summed E-state index contributed by atoms with van der Waals surface area (Å²) in [5.74, 6) is 5.33. The van der Waals surface area contributed by atoms with Gasteiger partial charge in [0.15, 0.2) is 11.6 Å². The second-order valence-electron chi connectivity index (χ2n) is 4.02. The maximum absolute atomic E-state index is 13.6. The van der Waals surface area contributed by atoms with E-state index in [4.69, 9.17) is 4.74 Å². The first-order valence-electron chi connectivity index (χ1n) is 5.67. The third kappa shape index (κ3) is 4.88. The van der Waals surface area contributed by atoms with Crippen LogP contribution in [-0.4, -0.2) is 12.6 Å². The van der Waals surface area contributed by atoms with Gasteiger partial charge in [-0.05, 0) is 24.6 Å². The fraction of sp³-hybridized carbons (Fsp3) is 0.429. The van der Waals surface area contributed by atoms with Gasteiger partial charge in [-0.2, -0.15) is 0 Å². The summed E-state index contributed by atoms with van der Waals surface area (Å²) in [5, 5.41) is 3.23. The molecule has 0 amide bonds. The van der Waals surface area contributed by atoms with Crippen LogP contribution in [0.2, 0.25) is 0 Å². The first-order valence-corrected chi connectivity index (χ1v) is 5.67. The highest BCUT2D eigenvalue weighted by Gasteiger charge is 2.04. The van der Waals surface area contributed by atoms with Crippen molar-refractivity contribution in [3.05, 3.63) is 29.6 Å². The van der Waals surface area contributed by atoms with Crippen molar-refractivity contribution in [3.8, 4) is 17.6 Å². The van der Waals surface area contributed by atoms with Gasteiger partial charge in [0.25, 0.3) is 0 Å². The molecule has 0 saturated heterocycles. The molecule has 92 valence electrons. The molecular weight excluding hydrogens is 217 g/mol. The lowest BCUT2D eigenvalue weighted by Gasteiger charge is -2.09. The van der Waals surface area contributed by atoms with Crippen LogP contribution in [0.4, 0.5) is 4.39 Å². The van der Waals surface area contributed by atoms with Crippen LogP contribution in [0.3, 0.4) is 0 Å². The molecule has 0 fully saturated rings. The van der Waals surface area contributed by atoms with Crippen LogP contribution in [0.5, 0.6) is 5.75 Å². The molecular formula is C14H18FNO. The number of hydrogen-bond donors (Lipinski definition) is 1. The van der Waals surface area contributed by atoms with Crippen molar-refractivity contribution in [1.29, 1.82) is 0 Å². The maximum Gasteiger partial charge on any atom is 0.165 e. The Morgan fingerprint density at radius 1 is 1.41 bits per heavy atom. The summed E-state index contributed by atoms with van der Waals surface area (Å²) in [7, 11) is 0. The molecule has 1 aromatic carbocycles. The number of halogens is 1. The lowest BCUT2D eigenvalue weighted by Crippen LogP contribution is -2.21. The lowest BCUT2D eigenvalue weighted by atomic mass is 10.2. The fourth-order valence-corrected chi connectivity index (χ4v) is 1.28. The fourth-order valence-electron chi connectivity index (χ4n) is 1.28. The minimum absolute atomic E-state index is 0.219. The second-order valence-corrected chi connectivity index (χ2v) is 4.02. The van der Waals surface area contributed by atoms with E-state index in [1.807, 2.05) is 6.07 Å². The molecule has 17 heavy (non-hydrogen) atoms. The average molecular weight is 235 g/mol. The van der Waals surface area contributed by atoms with Gasteiger partial charge < -0.3 is 10.1 Å². The van der Waals surface area contributed by atoms with Crippen LogP contribution in [0.15, 0.2) is 18.2 Å². The zero-order valence-corrected chi connectivity index (χ0v) is 10.5. The Labute approximate surface area is 102 Å². The van der Waals surface area contributed by atoms with Gasteiger partial charge in [-0.1, -0.05) is 25.8 Å². The zero-order chi connectivity index (χ0) is 12.7. The second kappa shape index (κ2) is 6.93. The zero-order valence-electron chi connectivity index (χ0n) is 10.5. The molecule has 1 aromatic rings. The van der Waals surface area contributed by atoms with E-state index in [0.717, 1.165) is 5.56 Å². The van der Waals surface area contributed by atoms with Gasteiger partial charge in [-0.3, -0.25) is 0 Å². The third-order valence-electron chi connectivity index (χ3n) is 2.19. The Kier molecular flexibility index (Phi) is 5.51. The van der Waals surface area contributed by atoms with Crippen LogP contribution >= 0.6 is 0 Å². The monoisotopic (exact) mass is 235 g/mol. The maximum atomic E-state index is 13.6. The Morgan fingerprint density at radius 2 is 2.18 bits per heavy atom. The molecule has 0 saturated carbocycles. The Bertz CT molecular complexity index is 418. The van der Waals surface area contributed by atoms with Gasteiger partial charge in [0.1, 0.15) is 6.61 Å². The lowest BCUT2D eigenvalue weighted by molar-refractivity contribution is 0.347. The first kappa shape index (κ1) is 13.5. The van der Waals surface area contributed by atoms with Crippen molar-refractivity contribution in [1.82, 2.24) is 5.32 Å². The molecule has 1 rings (SSSR count). The van der Waals surface area contributed by atoms with E-state index in [1.54, 1.807) is 13.0 Å². The topological polar surface area (TPSA) is 21.3 Å². The van der Waals surface area contributed by atoms with E-state index in [0.29, 0.717) is 12.6 Å². The Morgan fingerprint density at radius 3 is 2.76 bits per heavy atom. The Hall–Kier alpha value is -1.53. The molecule has 0 radical (unpaired) electrons. The molecule has 1 N–H and O–H groups in total. The molecule has 0 aliphatic heterocycles. The highest BCUT2D eigenvalue weighted by Crippen LogP contribution is 2.18. The van der Waals surface area contributed by atoms with Gasteiger partial charge >= 0.3 is 0 Å². The van der Waals surface area contributed by atoms with Crippen LogP contribution in [0, 0.1) is 17.7 Å². The summed E-state index contributed by atoms with van der Waals surface area (Å²) in [5.41, 5.74) is 0.908. The van der Waals surface area contributed by atoms with Gasteiger partial charge in [0.2, 0.25) is 0 Å². The smallest absolute Gasteiger partial charge is 0.165 e. The molecule has 0 bridgehead atoms. The van der Waals surface area contributed by atoms with E-state index < -0.39 is 0 Å². The molecule has 0 unspecified atom stereocenters. The summed E-state index contributed by atoms with van der Waals surface area (Å²) in [4.78, 5) is 0. The standard InChI is InChI=1S/C14H18FNO/c1-4-5-8-17-14-7-6-12(9-13(14)15)10-16-11(2)3/h6-7,9,11,16H,8,10H2,1-3H3. The number of benzene rings is 1. The van der Waals surface area contributed by atoms with Gasteiger partial charge in [-0.15, -0.1) is 5.92 Å². The summed E-state index contributed by atoms with van der Waals surface area (Å²) in [6, 6.07) is 5.37. The van der Waals surface area contributed by atoms with Crippen molar-refractivity contribution in [2.24, 2.45) is 0 Å². The number of nitrogens with one attached hydrogen (secondary N) is 1. The normalized spacial score (nSPS) is 9.94. The molecule has 0 aliphatic carbocycles. The van der Waals surface area contributed by atoms with E-state index in [-0.39, 0.29) is 18.2 Å². The number of rotatable bonds is 5. The van der Waals surface area contributed by atoms with Crippen LogP contribution in [-0.2, 0) is 6.54 Å². The van der Waals surface area contributed by atoms with Crippen molar-refractivity contribution in [2.75, 3.05) is 6.61 Å². The van der Waals surface area contributed by atoms with Crippen molar-refractivity contribution < 1.29 is 9.13 Å². The molecule has 2 nitrogen and oxygen atoms in total. The van der Waals surface area contributed by atoms with Gasteiger partial charge in [0, 0.05) is 12.6 Å². The quantitative estimate of drug-likeness (QED) is 0.792. The summed E-state index contributed by atoms with van der Waals surface area (Å²) < 4.78 is 18.8. The SMILES string of the molecule is CC#CCOc1ccc(CNC(C)C)cc1F. The van der Waals surface area contributed by atoms with Crippen LogP contribution in [0.1, 0.15) is 26.3 Å². The van der Waals surface area contributed by atoms with Gasteiger partial charge in [-0.25, -0.2) is 4.39 Å². The number of hydrogen-bond acceptors (Lipinski definition) is 2. The molecule has 0 atom stereocenters. The van der Waals surface area contributed by atoms with E-state index in [1.165, 1.54) is 6.07 Å². The number of ether oxygens (including phenoxy) is 1. The van der Waals surface area contributed by atoms with Crippen molar-refractivity contribution in [3.63, 3.8) is 0 Å². The van der Waals surface area contributed by atoms with Crippen molar-refractivity contribution in [2.45, 2.75) is 33.4 Å². The predicted molar refractivity (Wildman–Crippen MR) is 67.3 cm³/mol. The van der Waals surface area contributed by atoms with Crippen molar-refractivity contribution >= 4 is 0 Å². The minimum atomic E-state index is -0.342. The highest BCUT2D eigenvalue weighted by atomic mass is 19.1. The van der Waals surface area contributed by atoms with Crippen LogP contribution < -0.4 is 10.1 Å². The molecule has 0 spiro atoms. The summed E-state index contributed by atoms with van der Waals surface area (Å²) >= 11 is 0. The van der Waals surface area contributed by atoms with E-state index in [9.17, 15) is 4.39 Å².